The standard InChI is InChI=1S/C19H19N5O2/c1-10-4-5-13(8-11(10)2)14-9-17(26)20-19-18(14)12(3)23-24(19)15-6-7-16(25)22-21-15/h4-8,14H,9H2,1-3H3,(H,20,26)(H,22,25)/t14-/m0/s1. The van der Waals surface area contributed by atoms with Gasteiger partial charge in [-0.15, -0.1) is 0 Å². The summed E-state index contributed by atoms with van der Waals surface area (Å²) in [5.74, 6) is 0.942. The summed E-state index contributed by atoms with van der Waals surface area (Å²) in [6.07, 6.45) is 0.376. The van der Waals surface area contributed by atoms with E-state index in [4.69, 9.17) is 0 Å². The van der Waals surface area contributed by atoms with Crippen LogP contribution in [0.3, 0.4) is 0 Å². The number of aromatic amines is 1. The Morgan fingerprint density at radius 3 is 2.58 bits per heavy atom. The summed E-state index contributed by atoms with van der Waals surface area (Å²) in [6.45, 7) is 6.07. The maximum absolute atomic E-state index is 12.4. The molecule has 1 atom stereocenters. The van der Waals surface area contributed by atoms with Gasteiger partial charge in [0.25, 0.3) is 5.56 Å². The second-order valence-corrected chi connectivity index (χ2v) is 6.69. The number of amides is 1. The van der Waals surface area contributed by atoms with Crippen molar-refractivity contribution in [3.8, 4) is 5.82 Å². The summed E-state index contributed by atoms with van der Waals surface area (Å²) in [5.41, 5.74) is 5.04. The van der Waals surface area contributed by atoms with Crippen LogP contribution in [0.5, 0.6) is 0 Å². The monoisotopic (exact) mass is 349 g/mol. The number of benzene rings is 1. The first-order valence-corrected chi connectivity index (χ1v) is 8.46. The van der Waals surface area contributed by atoms with Gasteiger partial charge in [-0.1, -0.05) is 18.2 Å². The van der Waals surface area contributed by atoms with Crippen LogP contribution in [0.2, 0.25) is 0 Å². The molecule has 0 unspecified atom stereocenters. The van der Waals surface area contributed by atoms with Gasteiger partial charge in [-0.05, 0) is 43.5 Å². The molecule has 1 aliphatic rings. The molecule has 4 rings (SSSR count). The molecule has 7 nitrogen and oxygen atoms in total. The average Bonchev–Trinajstić information content (AvgIpc) is 2.94. The third kappa shape index (κ3) is 2.61. The van der Waals surface area contributed by atoms with Gasteiger partial charge >= 0.3 is 0 Å². The zero-order chi connectivity index (χ0) is 18.4. The molecule has 3 aromatic rings. The van der Waals surface area contributed by atoms with E-state index in [1.165, 1.54) is 17.2 Å². The molecule has 0 saturated heterocycles. The Balaban J connectivity index is 1.88. The van der Waals surface area contributed by atoms with Gasteiger partial charge in [0.1, 0.15) is 5.82 Å². The summed E-state index contributed by atoms with van der Waals surface area (Å²) >= 11 is 0. The third-order valence-corrected chi connectivity index (χ3v) is 4.92. The average molecular weight is 349 g/mol. The smallest absolute Gasteiger partial charge is 0.264 e. The second kappa shape index (κ2) is 5.94. The van der Waals surface area contributed by atoms with Crippen LogP contribution in [0.4, 0.5) is 5.82 Å². The number of nitrogens with one attached hydrogen (secondary N) is 2. The number of aryl methyl sites for hydroxylation is 3. The number of carbonyl (C=O) groups excluding carboxylic acids is 1. The number of carbonyl (C=O) groups is 1. The molecule has 1 aliphatic heterocycles. The highest BCUT2D eigenvalue weighted by molar-refractivity contribution is 5.95. The van der Waals surface area contributed by atoms with Gasteiger partial charge < -0.3 is 5.32 Å². The van der Waals surface area contributed by atoms with Crippen molar-refractivity contribution in [3.63, 3.8) is 0 Å². The van der Waals surface area contributed by atoms with Crippen LogP contribution in [0.25, 0.3) is 5.82 Å². The molecule has 0 saturated carbocycles. The highest BCUT2D eigenvalue weighted by atomic mass is 16.1. The lowest BCUT2D eigenvalue weighted by molar-refractivity contribution is -0.116. The summed E-state index contributed by atoms with van der Waals surface area (Å²) in [6, 6.07) is 9.26. The van der Waals surface area contributed by atoms with E-state index in [9.17, 15) is 9.59 Å². The predicted octanol–water partition coefficient (Wildman–Crippen LogP) is 2.35. The Bertz CT molecular complexity index is 1060. The first-order valence-electron chi connectivity index (χ1n) is 8.46. The zero-order valence-corrected chi connectivity index (χ0v) is 14.8. The fourth-order valence-corrected chi connectivity index (χ4v) is 3.43. The number of fused-ring (bicyclic) bond motifs is 1. The van der Waals surface area contributed by atoms with Crippen molar-refractivity contribution in [1.29, 1.82) is 0 Å². The Hall–Kier alpha value is -3.22. The van der Waals surface area contributed by atoms with Crippen LogP contribution in [0, 0.1) is 20.8 Å². The predicted molar refractivity (Wildman–Crippen MR) is 97.7 cm³/mol. The van der Waals surface area contributed by atoms with Crippen LogP contribution in [-0.2, 0) is 4.79 Å². The van der Waals surface area contributed by atoms with Gasteiger partial charge in [0.15, 0.2) is 5.82 Å². The number of rotatable bonds is 2. The Kier molecular flexibility index (Phi) is 3.72. The summed E-state index contributed by atoms with van der Waals surface area (Å²) in [4.78, 5) is 23.7. The number of hydrogen-bond acceptors (Lipinski definition) is 4. The Morgan fingerprint density at radius 1 is 1.08 bits per heavy atom. The van der Waals surface area contributed by atoms with Crippen LogP contribution in [-0.4, -0.2) is 25.9 Å². The van der Waals surface area contributed by atoms with Gasteiger partial charge in [0.2, 0.25) is 5.91 Å². The van der Waals surface area contributed by atoms with Crippen molar-refractivity contribution in [1.82, 2.24) is 20.0 Å². The molecule has 26 heavy (non-hydrogen) atoms. The van der Waals surface area contributed by atoms with Gasteiger partial charge in [0, 0.05) is 24.0 Å². The van der Waals surface area contributed by atoms with E-state index >= 15 is 0 Å². The van der Waals surface area contributed by atoms with E-state index in [0.29, 0.717) is 18.1 Å². The lowest BCUT2D eigenvalue weighted by Gasteiger charge is -2.24. The van der Waals surface area contributed by atoms with Gasteiger partial charge in [-0.3, -0.25) is 9.59 Å². The van der Waals surface area contributed by atoms with Crippen molar-refractivity contribution in [2.24, 2.45) is 0 Å². The largest absolute Gasteiger partial charge is 0.310 e. The molecular weight excluding hydrogens is 330 g/mol. The van der Waals surface area contributed by atoms with Gasteiger partial charge in [0.05, 0.1) is 5.69 Å². The van der Waals surface area contributed by atoms with Crippen molar-refractivity contribution in [3.05, 3.63) is 68.6 Å². The van der Waals surface area contributed by atoms with Crippen LogP contribution >= 0.6 is 0 Å². The molecule has 7 heteroatoms. The molecule has 132 valence electrons. The molecule has 1 aromatic carbocycles. The topological polar surface area (TPSA) is 92.7 Å². The van der Waals surface area contributed by atoms with Gasteiger partial charge in [-0.2, -0.15) is 14.9 Å². The lowest BCUT2D eigenvalue weighted by atomic mass is 9.84. The number of aromatic nitrogens is 4. The maximum Gasteiger partial charge on any atom is 0.264 e. The SMILES string of the molecule is Cc1ccc([C@@H]2CC(=O)Nc3c2c(C)nn3-c2ccc(=O)[nH]n2)cc1C. The molecule has 3 heterocycles. The van der Waals surface area contributed by atoms with Crippen molar-refractivity contribution >= 4 is 11.7 Å². The molecule has 2 N–H and O–H groups in total. The van der Waals surface area contributed by atoms with Crippen LogP contribution < -0.4 is 10.9 Å². The van der Waals surface area contributed by atoms with E-state index < -0.39 is 0 Å². The summed E-state index contributed by atoms with van der Waals surface area (Å²) < 4.78 is 1.58. The highest BCUT2D eigenvalue weighted by Crippen LogP contribution is 2.40. The Labute approximate surface area is 150 Å². The third-order valence-electron chi connectivity index (χ3n) is 4.92. The zero-order valence-electron chi connectivity index (χ0n) is 14.8. The van der Waals surface area contributed by atoms with Gasteiger partial charge in [-0.25, -0.2) is 5.10 Å². The second-order valence-electron chi connectivity index (χ2n) is 6.69. The van der Waals surface area contributed by atoms with E-state index in [-0.39, 0.29) is 17.4 Å². The summed E-state index contributed by atoms with van der Waals surface area (Å²) in [7, 11) is 0. The molecule has 0 fully saturated rings. The first kappa shape index (κ1) is 16.3. The first-order chi connectivity index (χ1) is 12.4. The van der Waals surface area contributed by atoms with E-state index in [1.54, 1.807) is 10.7 Å². The number of nitrogens with zero attached hydrogens (tertiary/aromatic N) is 3. The molecule has 1 amide bonds. The summed E-state index contributed by atoms with van der Waals surface area (Å²) in [5, 5.41) is 13.9. The minimum Gasteiger partial charge on any atom is -0.310 e. The van der Waals surface area contributed by atoms with E-state index in [2.05, 4.69) is 52.7 Å². The number of H-pyrrole nitrogens is 1. The van der Waals surface area contributed by atoms with Crippen molar-refractivity contribution in [2.45, 2.75) is 33.1 Å². The minimum absolute atomic E-state index is 0.0606. The lowest BCUT2D eigenvalue weighted by Crippen LogP contribution is -2.25. The number of hydrogen-bond donors (Lipinski definition) is 2. The maximum atomic E-state index is 12.4. The molecule has 0 radical (unpaired) electrons. The normalized spacial score (nSPS) is 16.3. The van der Waals surface area contributed by atoms with Crippen LogP contribution in [0.15, 0.2) is 35.1 Å². The van der Waals surface area contributed by atoms with Crippen LogP contribution in [0.1, 0.15) is 40.3 Å². The highest BCUT2D eigenvalue weighted by Gasteiger charge is 2.33. The van der Waals surface area contributed by atoms with E-state index in [1.807, 2.05) is 6.92 Å². The molecule has 2 aromatic heterocycles. The molecule has 0 bridgehead atoms. The minimum atomic E-state index is -0.288. The fraction of sp³-hybridized carbons (Fsp3) is 0.263. The van der Waals surface area contributed by atoms with Crippen molar-refractivity contribution < 1.29 is 4.79 Å². The fourth-order valence-electron chi connectivity index (χ4n) is 3.43. The van der Waals surface area contributed by atoms with Crippen molar-refractivity contribution in [2.75, 3.05) is 5.32 Å². The molecule has 0 aliphatic carbocycles. The Morgan fingerprint density at radius 2 is 1.88 bits per heavy atom. The molecule has 0 spiro atoms. The quantitative estimate of drug-likeness (QED) is 0.743. The van der Waals surface area contributed by atoms with E-state index in [0.717, 1.165) is 16.8 Å². The number of anilines is 1. The molecular formula is C19H19N5O2.